The number of halogens is 1. The summed E-state index contributed by atoms with van der Waals surface area (Å²) in [4.78, 5) is 0. The third-order valence-corrected chi connectivity index (χ3v) is 4.29. The number of aliphatic hydroxyl groups excluding tert-OH is 1. The van der Waals surface area contributed by atoms with E-state index in [9.17, 15) is 5.11 Å². The van der Waals surface area contributed by atoms with Crippen LogP contribution in [0.5, 0.6) is 0 Å². The number of benzene rings is 2. The van der Waals surface area contributed by atoms with Gasteiger partial charge in [-0.15, -0.1) is 0 Å². The highest BCUT2D eigenvalue weighted by atomic mass is 35.5. The second kappa shape index (κ2) is 5.47. The van der Waals surface area contributed by atoms with Gasteiger partial charge in [-0.25, -0.2) is 0 Å². The number of fused-ring (bicyclic) bond motifs is 1. The summed E-state index contributed by atoms with van der Waals surface area (Å²) < 4.78 is 0. The lowest BCUT2D eigenvalue weighted by molar-refractivity contribution is 0.196. The van der Waals surface area contributed by atoms with E-state index in [0.717, 1.165) is 24.9 Å². The van der Waals surface area contributed by atoms with E-state index in [1.807, 2.05) is 24.3 Å². The summed E-state index contributed by atoms with van der Waals surface area (Å²) >= 11 is 6.03. The molecule has 1 unspecified atom stereocenters. The van der Waals surface area contributed by atoms with Crippen molar-refractivity contribution in [3.05, 3.63) is 64.7 Å². The summed E-state index contributed by atoms with van der Waals surface area (Å²) in [5.74, 6) is 0. The van der Waals surface area contributed by atoms with Crippen molar-refractivity contribution < 1.29 is 5.11 Å². The molecule has 0 fully saturated rings. The highest BCUT2D eigenvalue weighted by Gasteiger charge is 2.33. The largest absolute Gasteiger partial charge is 0.394 e. The van der Waals surface area contributed by atoms with Crippen molar-refractivity contribution in [1.82, 2.24) is 0 Å². The van der Waals surface area contributed by atoms with Gasteiger partial charge in [-0.3, -0.25) is 0 Å². The average Bonchev–Trinajstić information content (AvgIpc) is 2.47. The van der Waals surface area contributed by atoms with Crippen molar-refractivity contribution in [2.24, 2.45) is 0 Å². The Morgan fingerprint density at radius 3 is 2.65 bits per heavy atom. The fourth-order valence-electron chi connectivity index (χ4n) is 2.95. The van der Waals surface area contributed by atoms with E-state index < -0.39 is 0 Å². The molecule has 3 rings (SSSR count). The van der Waals surface area contributed by atoms with Gasteiger partial charge in [0.15, 0.2) is 0 Å². The molecule has 2 aromatic carbocycles. The third-order valence-electron chi connectivity index (χ3n) is 4.06. The van der Waals surface area contributed by atoms with Gasteiger partial charge in [-0.1, -0.05) is 41.9 Å². The Labute approximate surface area is 124 Å². The number of hydrogen-bond donors (Lipinski definition) is 2. The Kier molecular flexibility index (Phi) is 3.68. The molecule has 0 spiro atoms. The minimum atomic E-state index is -0.293. The number of nitrogens with one attached hydrogen (secondary N) is 1. The van der Waals surface area contributed by atoms with Gasteiger partial charge in [0.25, 0.3) is 0 Å². The highest BCUT2D eigenvalue weighted by molar-refractivity contribution is 6.30. The summed E-state index contributed by atoms with van der Waals surface area (Å²) in [6, 6.07) is 16.1. The number of aryl methyl sites for hydroxylation is 1. The molecule has 0 aromatic heterocycles. The molecule has 2 aromatic rings. The van der Waals surface area contributed by atoms with E-state index in [1.54, 1.807) is 0 Å². The predicted octanol–water partition coefficient (Wildman–Crippen LogP) is 3.67. The first-order valence-electron chi connectivity index (χ1n) is 6.92. The van der Waals surface area contributed by atoms with Gasteiger partial charge in [0.05, 0.1) is 12.1 Å². The summed E-state index contributed by atoms with van der Waals surface area (Å²) in [7, 11) is 0. The van der Waals surface area contributed by atoms with Crippen molar-refractivity contribution in [2.45, 2.75) is 24.8 Å². The molecule has 1 aliphatic carbocycles. The average molecular weight is 288 g/mol. The summed E-state index contributed by atoms with van der Waals surface area (Å²) in [6.07, 6.45) is 2.75. The van der Waals surface area contributed by atoms with Gasteiger partial charge in [0.2, 0.25) is 0 Å². The van der Waals surface area contributed by atoms with E-state index in [4.69, 9.17) is 11.6 Å². The fourth-order valence-corrected chi connectivity index (χ4v) is 3.14. The number of anilines is 1. The Bertz CT molecular complexity index is 613. The number of rotatable bonds is 3. The Balaban J connectivity index is 1.86. The van der Waals surface area contributed by atoms with Crippen LogP contribution in [0.4, 0.5) is 5.69 Å². The molecule has 0 saturated carbocycles. The molecule has 2 nitrogen and oxygen atoms in total. The molecule has 1 aliphatic rings. The molecule has 0 heterocycles. The standard InChI is InChI=1S/C17H18ClNO/c18-15-6-3-7-16(10-15)19-17(12-20)9-8-13-4-1-2-5-14(13)11-17/h1-7,10,19-20H,8-9,11-12H2. The molecular weight excluding hydrogens is 270 g/mol. The first-order chi connectivity index (χ1) is 9.71. The SMILES string of the molecule is OCC1(Nc2cccc(Cl)c2)CCc2ccccc2C1. The zero-order chi connectivity index (χ0) is 14.0. The summed E-state index contributed by atoms with van der Waals surface area (Å²) in [5, 5.41) is 14.1. The van der Waals surface area contributed by atoms with Crippen molar-refractivity contribution in [2.75, 3.05) is 11.9 Å². The molecule has 3 heteroatoms. The van der Waals surface area contributed by atoms with Crippen molar-refractivity contribution in [3.63, 3.8) is 0 Å². The Morgan fingerprint density at radius 1 is 1.10 bits per heavy atom. The predicted molar refractivity (Wildman–Crippen MR) is 83.4 cm³/mol. The van der Waals surface area contributed by atoms with E-state index in [2.05, 4.69) is 29.6 Å². The normalized spacial score (nSPS) is 21.3. The van der Waals surface area contributed by atoms with Crippen LogP contribution in [0, 0.1) is 0 Å². The van der Waals surface area contributed by atoms with Crippen molar-refractivity contribution in [1.29, 1.82) is 0 Å². The molecule has 0 radical (unpaired) electrons. The maximum Gasteiger partial charge on any atom is 0.0664 e. The summed E-state index contributed by atoms with van der Waals surface area (Å²) in [6.45, 7) is 0.119. The van der Waals surface area contributed by atoms with E-state index in [0.29, 0.717) is 5.02 Å². The van der Waals surface area contributed by atoms with Crippen LogP contribution < -0.4 is 5.32 Å². The lowest BCUT2D eigenvalue weighted by atomic mass is 9.78. The fraction of sp³-hybridized carbons (Fsp3) is 0.294. The molecule has 0 aliphatic heterocycles. The van der Waals surface area contributed by atoms with Crippen LogP contribution in [0.25, 0.3) is 0 Å². The minimum absolute atomic E-state index is 0.119. The minimum Gasteiger partial charge on any atom is -0.394 e. The molecule has 20 heavy (non-hydrogen) atoms. The maximum atomic E-state index is 9.90. The maximum absolute atomic E-state index is 9.90. The third kappa shape index (κ3) is 2.67. The molecule has 104 valence electrons. The molecular formula is C17H18ClNO. The van der Waals surface area contributed by atoms with Gasteiger partial charge >= 0.3 is 0 Å². The van der Waals surface area contributed by atoms with Gasteiger partial charge in [-0.2, -0.15) is 0 Å². The van der Waals surface area contributed by atoms with E-state index in [-0.39, 0.29) is 12.1 Å². The first kappa shape index (κ1) is 13.5. The van der Waals surface area contributed by atoms with E-state index >= 15 is 0 Å². The topological polar surface area (TPSA) is 32.3 Å². The van der Waals surface area contributed by atoms with Crippen LogP contribution in [0.15, 0.2) is 48.5 Å². The molecule has 2 N–H and O–H groups in total. The van der Waals surface area contributed by atoms with Crippen LogP contribution in [0.2, 0.25) is 5.02 Å². The van der Waals surface area contributed by atoms with Gasteiger partial charge in [0.1, 0.15) is 0 Å². The smallest absolute Gasteiger partial charge is 0.0664 e. The lowest BCUT2D eigenvalue weighted by Crippen LogP contribution is -2.47. The number of hydrogen-bond acceptors (Lipinski definition) is 2. The second-order valence-corrected chi connectivity index (χ2v) is 5.96. The Morgan fingerprint density at radius 2 is 1.90 bits per heavy atom. The zero-order valence-corrected chi connectivity index (χ0v) is 12.0. The molecule has 0 saturated heterocycles. The first-order valence-corrected chi connectivity index (χ1v) is 7.30. The lowest BCUT2D eigenvalue weighted by Gasteiger charge is -2.38. The van der Waals surface area contributed by atoms with Crippen molar-refractivity contribution in [3.8, 4) is 0 Å². The van der Waals surface area contributed by atoms with Crippen LogP contribution >= 0.6 is 11.6 Å². The van der Waals surface area contributed by atoms with Crippen LogP contribution in [0.3, 0.4) is 0 Å². The molecule has 0 bridgehead atoms. The summed E-state index contributed by atoms with van der Waals surface area (Å²) in [5.41, 5.74) is 3.39. The van der Waals surface area contributed by atoms with Crippen LogP contribution in [-0.2, 0) is 12.8 Å². The zero-order valence-electron chi connectivity index (χ0n) is 11.3. The van der Waals surface area contributed by atoms with Crippen LogP contribution in [-0.4, -0.2) is 17.3 Å². The second-order valence-electron chi connectivity index (χ2n) is 5.52. The highest BCUT2D eigenvalue weighted by Crippen LogP contribution is 2.32. The molecule has 1 atom stereocenters. The quantitative estimate of drug-likeness (QED) is 0.903. The van der Waals surface area contributed by atoms with Crippen LogP contribution in [0.1, 0.15) is 17.5 Å². The Hall–Kier alpha value is -1.51. The van der Waals surface area contributed by atoms with Gasteiger partial charge in [0, 0.05) is 10.7 Å². The van der Waals surface area contributed by atoms with Crippen molar-refractivity contribution >= 4 is 17.3 Å². The molecule has 0 amide bonds. The van der Waals surface area contributed by atoms with Gasteiger partial charge in [-0.05, 0) is 48.6 Å². The van der Waals surface area contributed by atoms with E-state index in [1.165, 1.54) is 11.1 Å². The number of aliphatic hydroxyl groups is 1. The monoisotopic (exact) mass is 287 g/mol. The van der Waals surface area contributed by atoms with Gasteiger partial charge < -0.3 is 10.4 Å².